The van der Waals surface area contributed by atoms with Gasteiger partial charge in [0.05, 0.1) is 6.61 Å². The van der Waals surface area contributed by atoms with Crippen LogP contribution in [-0.4, -0.2) is 64.3 Å². The zero-order chi connectivity index (χ0) is 25.2. The summed E-state index contributed by atoms with van der Waals surface area (Å²) in [5, 5.41) is 10.8. The Morgan fingerprint density at radius 2 is 1.85 bits per heavy atom. The molecule has 1 aliphatic heterocycles. The predicted octanol–water partition coefficient (Wildman–Crippen LogP) is -0.414. The first-order chi connectivity index (χ1) is 14.8. The number of aliphatic hydroxyl groups excluding tert-OH is 1. The number of nitrogens with two attached hydrogens (primary N) is 1. The van der Waals surface area contributed by atoms with E-state index in [1.165, 1.54) is 19.9 Å². The molecular weight excluding hydrogens is 518 g/mol. The van der Waals surface area contributed by atoms with E-state index in [2.05, 4.69) is 18.1 Å². The Labute approximate surface area is 184 Å². The molecule has 1 saturated carbocycles. The largest absolute Gasteiger partial charge is 0.490 e. The maximum Gasteiger partial charge on any atom is 0.490 e. The molecule has 188 valence electrons. The second-order valence-corrected chi connectivity index (χ2v) is 12.1. The number of fused-ring (bicyclic) bond motifs is 1. The molecule has 0 radical (unpaired) electrons. The minimum Gasteiger partial charge on any atom is -0.386 e. The van der Waals surface area contributed by atoms with Gasteiger partial charge in [-0.1, -0.05) is 13.8 Å². The second-order valence-electron chi connectivity index (χ2n) is 7.73. The highest BCUT2D eigenvalue weighted by Gasteiger charge is 2.83. The van der Waals surface area contributed by atoms with Gasteiger partial charge in [-0.05, 0) is 12.0 Å². The summed E-state index contributed by atoms with van der Waals surface area (Å²) in [6.45, 7) is 1.84. The molecule has 20 heteroatoms. The van der Waals surface area contributed by atoms with Crippen LogP contribution >= 0.6 is 23.5 Å². The summed E-state index contributed by atoms with van der Waals surface area (Å²) in [5.41, 5.74) is -0.00280. The molecule has 3 rings (SSSR count). The van der Waals surface area contributed by atoms with E-state index in [0.717, 1.165) is 10.8 Å². The van der Waals surface area contributed by atoms with E-state index in [9.17, 15) is 33.4 Å². The SMILES string of the molecule is CC(C)[C@]1(COP(=O)(O)OP(=O)(O)OP(=O)(O)O)O[C@H]2C(n3ccc(N)nc3=O)[C@]2(F)[C@@H]1O. The number of aromatic nitrogens is 2. The highest BCUT2D eigenvalue weighted by Crippen LogP contribution is 2.68. The monoisotopic (exact) mass is 539 g/mol. The smallest absolute Gasteiger partial charge is 0.386 e. The van der Waals surface area contributed by atoms with Crippen molar-refractivity contribution in [3.05, 3.63) is 22.7 Å². The van der Waals surface area contributed by atoms with Gasteiger partial charge in [-0.3, -0.25) is 9.09 Å². The van der Waals surface area contributed by atoms with Crippen molar-refractivity contribution < 1.29 is 60.6 Å². The van der Waals surface area contributed by atoms with E-state index in [-0.39, 0.29) is 5.82 Å². The number of phosphoric acid groups is 3. The average molecular weight is 539 g/mol. The Morgan fingerprint density at radius 1 is 1.24 bits per heavy atom. The summed E-state index contributed by atoms with van der Waals surface area (Å²) >= 11 is 0. The number of nitrogens with zero attached hydrogens (tertiary/aromatic N) is 2. The average Bonchev–Trinajstić information content (AvgIpc) is 3.10. The number of nitrogen functional groups attached to an aromatic ring is 1. The summed E-state index contributed by atoms with van der Waals surface area (Å²) in [7, 11) is -16.9. The summed E-state index contributed by atoms with van der Waals surface area (Å²) < 4.78 is 68.1. The van der Waals surface area contributed by atoms with Gasteiger partial charge in [0, 0.05) is 6.20 Å². The van der Waals surface area contributed by atoms with Gasteiger partial charge in [0.1, 0.15) is 29.7 Å². The number of alkyl halides is 1. The van der Waals surface area contributed by atoms with E-state index in [0.29, 0.717) is 0 Å². The number of halogens is 1. The Hall–Kier alpha value is -1.06. The summed E-state index contributed by atoms with van der Waals surface area (Å²) in [4.78, 5) is 51.5. The Balaban J connectivity index is 1.78. The lowest BCUT2D eigenvalue weighted by Gasteiger charge is -2.38. The van der Waals surface area contributed by atoms with Gasteiger partial charge >= 0.3 is 29.2 Å². The molecule has 0 amide bonds. The molecule has 0 spiro atoms. The minimum atomic E-state index is -5.77. The minimum absolute atomic E-state index is 0.107. The van der Waals surface area contributed by atoms with Crippen LogP contribution in [0.15, 0.2) is 17.1 Å². The molecule has 33 heavy (non-hydrogen) atoms. The Morgan fingerprint density at radius 3 is 2.30 bits per heavy atom. The summed E-state index contributed by atoms with van der Waals surface area (Å²) in [6.07, 6.45) is -2.24. The van der Waals surface area contributed by atoms with Crippen molar-refractivity contribution in [1.82, 2.24) is 9.55 Å². The van der Waals surface area contributed by atoms with Crippen LogP contribution < -0.4 is 11.4 Å². The van der Waals surface area contributed by atoms with Crippen LogP contribution in [0.2, 0.25) is 0 Å². The van der Waals surface area contributed by atoms with Crippen molar-refractivity contribution in [3.63, 3.8) is 0 Å². The van der Waals surface area contributed by atoms with Gasteiger partial charge in [-0.2, -0.15) is 13.6 Å². The molecule has 1 saturated heterocycles. The van der Waals surface area contributed by atoms with E-state index in [4.69, 9.17) is 20.3 Å². The third-order valence-corrected chi connectivity index (χ3v) is 9.08. The van der Waals surface area contributed by atoms with E-state index in [1.807, 2.05) is 0 Å². The predicted molar refractivity (Wildman–Crippen MR) is 104 cm³/mol. The molecule has 2 fully saturated rings. The summed E-state index contributed by atoms with van der Waals surface area (Å²) in [6, 6.07) is -0.0533. The van der Waals surface area contributed by atoms with Crippen LogP contribution in [0.3, 0.4) is 0 Å². The maximum atomic E-state index is 15.6. The zero-order valence-electron chi connectivity index (χ0n) is 16.9. The maximum absolute atomic E-state index is 15.6. The molecule has 1 aromatic heterocycles. The van der Waals surface area contributed by atoms with Crippen molar-refractivity contribution >= 4 is 29.3 Å². The highest BCUT2D eigenvalue weighted by atomic mass is 31.3. The normalized spacial score (nSPS) is 35.1. The third kappa shape index (κ3) is 5.01. The first-order valence-corrected chi connectivity index (χ1v) is 13.5. The first kappa shape index (κ1) is 26.5. The van der Waals surface area contributed by atoms with E-state index >= 15 is 4.39 Å². The van der Waals surface area contributed by atoms with Gasteiger partial charge in [-0.15, -0.1) is 0 Å². The van der Waals surface area contributed by atoms with E-state index < -0.39 is 71.2 Å². The number of anilines is 1. The van der Waals surface area contributed by atoms with Gasteiger partial charge < -0.3 is 35.2 Å². The molecular formula is C13H21FN3O13P3. The molecule has 1 aromatic rings. The molecule has 1 aliphatic carbocycles. The van der Waals surface area contributed by atoms with Crippen molar-refractivity contribution in [3.8, 4) is 0 Å². The van der Waals surface area contributed by atoms with Crippen LogP contribution in [0.25, 0.3) is 0 Å². The van der Waals surface area contributed by atoms with Crippen molar-refractivity contribution in [2.45, 2.75) is 43.4 Å². The topological polar surface area (TPSA) is 250 Å². The first-order valence-electron chi connectivity index (χ1n) is 9.02. The Kier molecular flexibility index (Phi) is 6.65. The molecule has 0 bridgehead atoms. The second kappa shape index (κ2) is 8.26. The Bertz CT molecular complexity index is 1140. The van der Waals surface area contributed by atoms with Crippen molar-refractivity contribution in [1.29, 1.82) is 0 Å². The quantitative estimate of drug-likeness (QED) is 0.218. The summed E-state index contributed by atoms with van der Waals surface area (Å²) in [5.74, 6) is -0.883. The van der Waals surface area contributed by atoms with Crippen LogP contribution in [0.4, 0.5) is 10.2 Å². The molecule has 16 nitrogen and oxygen atoms in total. The fourth-order valence-corrected chi connectivity index (χ4v) is 6.75. The van der Waals surface area contributed by atoms with Gasteiger partial charge in [-0.25, -0.2) is 22.9 Å². The van der Waals surface area contributed by atoms with Crippen molar-refractivity contribution in [2.24, 2.45) is 5.92 Å². The fourth-order valence-electron chi connectivity index (χ4n) is 3.69. The highest BCUT2D eigenvalue weighted by molar-refractivity contribution is 7.66. The zero-order valence-corrected chi connectivity index (χ0v) is 19.5. The number of ether oxygens (including phenoxy) is 1. The molecule has 7 atom stereocenters. The molecule has 7 N–H and O–H groups in total. The fraction of sp³-hybridized carbons (Fsp3) is 0.692. The molecule has 2 aliphatic rings. The number of hydrogen-bond acceptors (Lipinski definition) is 11. The van der Waals surface area contributed by atoms with Crippen LogP contribution in [-0.2, 0) is 31.6 Å². The molecule has 2 heterocycles. The number of hydrogen-bond donors (Lipinski definition) is 6. The van der Waals surface area contributed by atoms with Crippen molar-refractivity contribution in [2.75, 3.05) is 12.3 Å². The van der Waals surface area contributed by atoms with Crippen LogP contribution in [0.5, 0.6) is 0 Å². The lowest BCUT2D eigenvalue weighted by molar-refractivity contribution is -0.153. The van der Waals surface area contributed by atoms with Gasteiger partial charge in [0.25, 0.3) is 0 Å². The lowest BCUT2D eigenvalue weighted by atomic mass is 9.83. The van der Waals surface area contributed by atoms with Gasteiger partial charge in [0.15, 0.2) is 5.67 Å². The van der Waals surface area contributed by atoms with Crippen LogP contribution in [0.1, 0.15) is 19.9 Å². The number of aliphatic hydroxyl groups is 1. The van der Waals surface area contributed by atoms with Crippen LogP contribution in [0, 0.1) is 5.92 Å². The number of phosphoric ester groups is 1. The van der Waals surface area contributed by atoms with E-state index in [1.54, 1.807) is 0 Å². The van der Waals surface area contributed by atoms with Gasteiger partial charge in [0.2, 0.25) is 0 Å². The third-order valence-electron chi connectivity index (χ3n) is 5.29. The number of rotatable bonds is 9. The molecule has 3 unspecified atom stereocenters. The lowest BCUT2D eigenvalue weighted by Crippen LogP contribution is -2.54. The molecule has 0 aromatic carbocycles. The standard InChI is InChI=1S/C13H21FN3O13P3/c1-6(2)12(5-27-32(23,24)30-33(25,26)29-31(20,21)22)10(18)13(14)8(9(13)28-12)17-4-3-7(15)16-11(17)19/h3-4,6,8-10,18H,5H2,1-2H3,(H,23,24)(H,25,26)(H2,15,16,19)(H2,20,21,22)/t8?,9-,10+,12-,13+/m0/s1.